The van der Waals surface area contributed by atoms with E-state index in [-0.39, 0.29) is 17.0 Å². The molecule has 0 fully saturated rings. The third kappa shape index (κ3) is 5.48. The average Bonchev–Trinajstić information content (AvgIpc) is 3.18. The number of methoxy groups -OCH3 is 1. The van der Waals surface area contributed by atoms with Gasteiger partial charge >= 0.3 is 5.97 Å². The fourth-order valence-electron chi connectivity index (χ4n) is 2.78. The molecule has 3 rings (SSSR count). The van der Waals surface area contributed by atoms with Crippen LogP contribution in [0.3, 0.4) is 0 Å². The number of esters is 1. The molecule has 0 saturated carbocycles. The van der Waals surface area contributed by atoms with E-state index in [9.17, 15) is 18.0 Å². The summed E-state index contributed by atoms with van der Waals surface area (Å²) < 4.78 is 36.9. The monoisotopic (exact) mass is 443 g/mol. The zero-order valence-electron chi connectivity index (χ0n) is 17.1. The summed E-state index contributed by atoms with van der Waals surface area (Å²) in [6, 6.07) is 15.0. The van der Waals surface area contributed by atoms with Gasteiger partial charge in [-0.3, -0.25) is 9.52 Å². The van der Waals surface area contributed by atoms with Gasteiger partial charge in [0, 0.05) is 11.3 Å². The minimum atomic E-state index is -3.42. The fraction of sp³-hybridized carbons (Fsp3) is 0.190. The van der Waals surface area contributed by atoms with Crippen molar-refractivity contribution in [2.75, 3.05) is 18.1 Å². The first-order chi connectivity index (χ1) is 14.7. The zero-order valence-corrected chi connectivity index (χ0v) is 17.9. The lowest BCUT2D eigenvalue weighted by molar-refractivity contribution is 0.0310. The number of Topliss-reactive ketones (excluding diaryl/α,β-unsaturated/α-hetero) is 1. The third-order valence-electron chi connectivity index (χ3n) is 4.24. The van der Waals surface area contributed by atoms with Crippen LogP contribution >= 0.6 is 0 Å². The van der Waals surface area contributed by atoms with E-state index in [2.05, 4.69) is 9.82 Å². The van der Waals surface area contributed by atoms with Crippen molar-refractivity contribution in [2.45, 2.75) is 13.0 Å². The van der Waals surface area contributed by atoms with Crippen LogP contribution in [-0.2, 0) is 14.8 Å². The number of carbonyl (C=O) groups is 2. The molecule has 0 spiro atoms. The quantitative estimate of drug-likeness (QED) is 0.420. The Hall–Kier alpha value is -3.66. The molecule has 1 heterocycles. The molecule has 0 radical (unpaired) electrons. The Balaban J connectivity index is 1.73. The van der Waals surface area contributed by atoms with Crippen LogP contribution in [0.5, 0.6) is 5.75 Å². The Morgan fingerprint density at radius 1 is 1.06 bits per heavy atom. The first-order valence-electron chi connectivity index (χ1n) is 9.20. The first-order valence-corrected chi connectivity index (χ1v) is 11.1. The molecule has 10 heteroatoms. The van der Waals surface area contributed by atoms with Crippen LogP contribution in [0.1, 0.15) is 27.8 Å². The SMILES string of the molecule is COc1cn(-c2ccccc2)nc1C(=O)O[C@H](C)C(=O)c1ccc(NS(C)(=O)=O)cc1. The Morgan fingerprint density at radius 2 is 1.71 bits per heavy atom. The van der Waals surface area contributed by atoms with Crippen molar-refractivity contribution in [1.29, 1.82) is 0 Å². The van der Waals surface area contributed by atoms with Crippen molar-refractivity contribution in [3.05, 3.63) is 72.1 Å². The normalized spacial score (nSPS) is 12.1. The van der Waals surface area contributed by atoms with Crippen molar-refractivity contribution in [3.63, 3.8) is 0 Å². The molecule has 0 aliphatic heterocycles. The molecule has 0 bridgehead atoms. The van der Waals surface area contributed by atoms with Crippen LogP contribution in [-0.4, -0.2) is 49.4 Å². The highest BCUT2D eigenvalue weighted by molar-refractivity contribution is 7.92. The van der Waals surface area contributed by atoms with Gasteiger partial charge in [-0.15, -0.1) is 0 Å². The van der Waals surface area contributed by atoms with Crippen molar-refractivity contribution < 1.29 is 27.5 Å². The molecule has 0 unspecified atom stereocenters. The largest absolute Gasteiger partial charge is 0.493 e. The summed E-state index contributed by atoms with van der Waals surface area (Å²) in [5.74, 6) is -1.03. The number of hydrogen-bond acceptors (Lipinski definition) is 7. The number of ether oxygens (including phenoxy) is 2. The van der Waals surface area contributed by atoms with Gasteiger partial charge in [0.25, 0.3) is 0 Å². The molecular formula is C21H21N3O6S. The Morgan fingerprint density at radius 3 is 2.29 bits per heavy atom. The molecule has 0 saturated heterocycles. The van der Waals surface area contributed by atoms with Gasteiger partial charge in [0.05, 0.1) is 25.2 Å². The highest BCUT2D eigenvalue weighted by atomic mass is 32.2. The van der Waals surface area contributed by atoms with Crippen molar-refractivity contribution in [1.82, 2.24) is 9.78 Å². The van der Waals surface area contributed by atoms with E-state index < -0.39 is 27.9 Å². The molecule has 1 aromatic heterocycles. The van der Waals surface area contributed by atoms with Crippen molar-refractivity contribution in [2.24, 2.45) is 0 Å². The standard InChI is InChI=1S/C21H21N3O6S/c1-14(20(25)15-9-11-16(12-10-15)23-31(3,27)28)30-21(26)19-18(29-2)13-24(22-19)17-7-5-4-6-8-17/h4-14,23H,1-3H3/t14-/m1/s1. The van der Waals surface area contributed by atoms with Gasteiger partial charge in [-0.1, -0.05) is 18.2 Å². The number of benzene rings is 2. The summed E-state index contributed by atoms with van der Waals surface area (Å²) in [4.78, 5) is 25.2. The van der Waals surface area contributed by atoms with Crippen LogP contribution in [0.4, 0.5) is 5.69 Å². The number of nitrogens with one attached hydrogen (secondary N) is 1. The van der Waals surface area contributed by atoms with Gasteiger partial charge < -0.3 is 9.47 Å². The van der Waals surface area contributed by atoms with E-state index in [1.807, 2.05) is 30.3 Å². The van der Waals surface area contributed by atoms with Crippen LogP contribution < -0.4 is 9.46 Å². The summed E-state index contributed by atoms with van der Waals surface area (Å²) in [6.07, 6.45) is 1.49. The van der Waals surface area contributed by atoms with E-state index >= 15 is 0 Å². The van der Waals surface area contributed by atoms with Gasteiger partial charge in [0.1, 0.15) is 0 Å². The number of anilines is 1. The number of hydrogen-bond donors (Lipinski definition) is 1. The third-order valence-corrected chi connectivity index (χ3v) is 4.85. The average molecular weight is 443 g/mol. The second-order valence-electron chi connectivity index (χ2n) is 6.69. The topological polar surface area (TPSA) is 117 Å². The molecule has 1 N–H and O–H groups in total. The van der Waals surface area contributed by atoms with E-state index in [1.165, 1.54) is 43.0 Å². The lowest BCUT2D eigenvalue weighted by Crippen LogP contribution is -2.25. The molecule has 2 aromatic carbocycles. The molecule has 162 valence electrons. The predicted octanol–water partition coefficient (Wildman–Crippen LogP) is 2.68. The summed E-state index contributed by atoms with van der Waals surface area (Å²) in [5.41, 5.74) is 1.26. The van der Waals surface area contributed by atoms with Gasteiger partial charge in [0.2, 0.25) is 21.5 Å². The molecule has 31 heavy (non-hydrogen) atoms. The Bertz CT molecular complexity index is 1190. The van der Waals surface area contributed by atoms with E-state index in [1.54, 1.807) is 6.20 Å². The molecule has 0 aliphatic rings. The van der Waals surface area contributed by atoms with Crippen LogP contribution in [0.2, 0.25) is 0 Å². The maximum atomic E-state index is 12.6. The van der Waals surface area contributed by atoms with Gasteiger partial charge in [-0.2, -0.15) is 5.10 Å². The molecule has 0 aliphatic carbocycles. The van der Waals surface area contributed by atoms with Gasteiger partial charge in [0.15, 0.2) is 11.9 Å². The lowest BCUT2D eigenvalue weighted by Gasteiger charge is -2.12. The minimum absolute atomic E-state index is 0.0568. The molecular weight excluding hydrogens is 422 g/mol. The Labute approximate surface area is 179 Å². The zero-order chi connectivity index (χ0) is 22.6. The smallest absolute Gasteiger partial charge is 0.363 e. The van der Waals surface area contributed by atoms with Crippen LogP contribution in [0.15, 0.2) is 60.8 Å². The lowest BCUT2D eigenvalue weighted by atomic mass is 10.1. The maximum Gasteiger partial charge on any atom is 0.363 e. The number of sulfonamides is 1. The number of carbonyl (C=O) groups excluding carboxylic acids is 2. The summed E-state index contributed by atoms with van der Waals surface area (Å²) in [6.45, 7) is 1.45. The number of nitrogens with zero attached hydrogens (tertiary/aromatic N) is 2. The second kappa shape index (κ2) is 9.00. The summed E-state index contributed by atoms with van der Waals surface area (Å²) in [7, 11) is -2.02. The molecule has 0 amide bonds. The van der Waals surface area contributed by atoms with Gasteiger partial charge in [-0.25, -0.2) is 17.9 Å². The highest BCUT2D eigenvalue weighted by Gasteiger charge is 2.25. The summed E-state index contributed by atoms with van der Waals surface area (Å²) in [5, 5.41) is 4.22. The van der Waals surface area contributed by atoms with Crippen LogP contribution in [0, 0.1) is 0 Å². The summed E-state index contributed by atoms with van der Waals surface area (Å²) >= 11 is 0. The molecule has 1 atom stereocenters. The Kier molecular flexibility index (Phi) is 6.40. The second-order valence-corrected chi connectivity index (χ2v) is 8.44. The van der Waals surface area contributed by atoms with E-state index in [4.69, 9.17) is 9.47 Å². The number of ketones is 1. The number of rotatable bonds is 8. The number of aromatic nitrogens is 2. The molecule has 3 aromatic rings. The maximum absolute atomic E-state index is 12.6. The number of para-hydroxylation sites is 1. The van der Waals surface area contributed by atoms with Crippen molar-refractivity contribution in [3.8, 4) is 11.4 Å². The van der Waals surface area contributed by atoms with Crippen LogP contribution in [0.25, 0.3) is 5.69 Å². The van der Waals surface area contributed by atoms with Crippen molar-refractivity contribution >= 4 is 27.5 Å². The predicted molar refractivity (Wildman–Crippen MR) is 114 cm³/mol. The fourth-order valence-corrected chi connectivity index (χ4v) is 3.35. The first kappa shape index (κ1) is 22.0. The van der Waals surface area contributed by atoms with E-state index in [0.29, 0.717) is 5.69 Å². The molecule has 9 nitrogen and oxygen atoms in total. The van der Waals surface area contributed by atoms with Gasteiger partial charge in [-0.05, 0) is 43.3 Å². The van der Waals surface area contributed by atoms with E-state index in [0.717, 1.165) is 11.9 Å². The highest BCUT2D eigenvalue weighted by Crippen LogP contribution is 2.21. The minimum Gasteiger partial charge on any atom is -0.493 e.